The predicted molar refractivity (Wildman–Crippen MR) is 72.5 cm³/mol. The fourth-order valence-electron chi connectivity index (χ4n) is 2.18. The number of amides is 2. The van der Waals surface area contributed by atoms with Gasteiger partial charge in [0, 0.05) is 38.2 Å². The molecule has 1 rings (SSSR count). The van der Waals surface area contributed by atoms with Crippen LogP contribution in [0.15, 0.2) is 0 Å². The number of ether oxygens (including phenoxy) is 1. The van der Waals surface area contributed by atoms with E-state index in [-0.39, 0.29) is 24.5 Å². The number of likely N-dealkylation sites (tertiary alicyclic amines) is 1. The van der Waals surface area contributed by atoms with Crippen molar-refractivity contribution in [2.45, 2.75) is 44.7 Å². The quantitative estimate of drug-likeness (QED) is 0.729. The van der Waals surface area contributed by atoms with Crippen LogP contribution in [0.1, 0.15) is 33.1 Å². The topological polar surface area (TPSA) is 84.7 Å². The summed E-state index contributed by atoms with van der Waals surface area (Å²) < 4.78 is 4.83. The largest absolute Gasteiger partial charge is 0.375 e. The average Bonchev–Trinajstić information content (AvgIpc) is 2.27. The van der Waals surface area contributed by atoms with Crippen molar-refractivity contribution in [3.63, 3.8) is 0 Å². The van der Waals surface area contributed by atoms with E-state index in [0.29, 0.717) is 19.5 Å². The van der Waals surface area contributed by atoms with Gasteiger partial charge in [0.05, 0.1) is 0 Å². The molecule has 0 radical (unpaired) electrons. The summed E-state index contributed by atoms with van der Waals surface area (Å²) in [5, 5.41) is 2.98. The zero-order valence-electron chi connectivity index (χ0n) is 12.1. The first-order chi connectivity index (χ1) is 8.81. The molecule has 1 heterocycles. The van der Waals surface area contributed by atoms with Crippen molar-refractivity contribution in [1.29, 1.82) is 0 Å². The molecule has 0 bridgehead atoms. The molecule has 1 aliphatic heterocycles. The van der Waals surface area contributed by atoms with Gasteiger partial charge in [-0.05, 0) is 26.7 Å². The molecule has 110 valence electrons. The average molecular weight is 271 g/mol. The first-order valence-corrected chi connectivity index (χ1v) is 6.67. The van der Waals surface area contributed by atoms with Gasteiger partial charge in [0.1, 0.15) is 6.61 Å². The van der Waals surface area contributed by atoms with Crippen LogP contribution < -0.4 is 11.1 Å². The first kappa shape index (κ1) is 15.9. The van der Waals surface area contributed by atoms with Crippen molar-refractivity contribution in [2.24, 2.45) is 5.73 Å². The number of methoxy groups -OCH3 is 1. The normalized spacial score (nSPS) is 17.4. The summed E-state index contributed by atoms with van der Waals surface area (Å²) in [7, 11) is 1.51. The van der Waals surface area contributed by atoms with Crippen LogP contribution in [0.3, 0.4) is 0 Å². The van der Waals surface area contributed by atoms with Crippen molar-refractivity contribution in [1.82, 2.24) is 10.2 Å². The Kier molecular flexibility index (Phi) is 5.75. The van der Waals surface area contributed by atoms with E-state index in [1.165, 1.54) is 7.11 Å². The molecule has 0 aromatic heterocycles. The highest BCUT2D eigenvalue weighted by Gasteiger charge is 2.25. The van der Waals surface area contributed by atoms with Gasteiger partial charge < -0.3 is 20.7 Å². The van der Waals surface area contributed by atoms with Gasteiger partial charge in [-0.15, -0.1) is 0 Å². The molecule has 6 heteroatoms. The summed E-state index contributed by atoms with van der Waals surface area (Å²) in [6, 6.07) is 0.140. The molecule has 0 unspecified atom stereocenters. The van der Waals surface area contributed by atoms with Crippen LogP contribution in [-0.4, -0.2) is 55.1 Å². The van der Waals surface area contributed by atoms with Gasteiger partial charge in [-0.3, -0.25) is 9.59 Å². The fraction of sp³-hybridized carbons (Fsp3) is 0.846. The zero-order chi connectivity index (χ0) is 14.5. The Hall–Kier alpha value is -1.14. The second-order valence-electron chi connectivity index (χ2n) is 5.82. The molecular weight excluding hydrogens is 246 g/mol. The van der Waals surface area contributed by atoms with Crippen LogP contribution in [0.4, 0.5) is 0 Å². The Balaban J connectivity index is 2.30. The molecule has 0 aliphatic carbocycles. The minimum atomic E-state index is -0.487. The summed E-state index contributed by atoms with van der Waals surface area (Å²) in [4.78, 5) is 25.1. The maximum atomic E-state index is 11.8. The highest BCUT2D eigenvalue weighted by Crippen LogP contribution is 2.12. The van der Waals surface area contributed by atoms with E-state index >= 15 is 0 Å². The maximum Gasteiger partial charge on any atom is 0.248 e. The number of carbonyl (C=O) groups excluding carboxylic acids is 2. The smallest absolute Gasteiger partial charge is 0.248 e. The number of piperidine rings is 1. The van der Waals surface area contributed by atoms with Crippen LogP contribution in [0.25, 0.3) is 0 Å². The summed E-state index contributed by atoms with van der Waals surface area (Å²) in [6.45, 7) is 5.12. The lowest BCUT2D eigenvalue weighted by molar-refractivity contribution is -0.136. The molecule has 6 nitrogen and oxygen atoms in total. The van der Waals surface area contributed by atoms with Crippen molar-refractivity contribution in [2.75, 3.05) is 26.8 Å². The highest BCUT2D eigenvalue weighted by atomic mass is 16.5. The summed E-state index contributed by atoms with van der Waals surface area (Å²) >= 11 is 0. The number of hydrogen-bond donors (Lipinski definition) is 2. The van der Waals surface area contributed by atoms with Crippen LogP contribution in [0.2, 0.25) is 0 Å². The van der Waals surface area contributed by atoms with Gasteiger partial charge in [0.25, 0.3) is 0 Å². The molecule has 3 N–H and O–H groups in total. The third-order valence-electron chi connectivity index (χ3n) is 3.10. The third-order valence-corrected chi connectivity index (χ3v) is 3.10. The van der Waals surface area contributed by atoms with Crippen LogP contribution in [0, 0.1) is 0 Å². The molecule has 1 fully saturated rings. The summed E-state index contributed by atoms with van der Waals surface area (Å²) in [6.07, 6.45) is 1.88. The molecule has 0 spiro atoms. The van der Waals surface area contributed by atoms with Gasteiger partial charge in [-0.1, -0.05) is 0 Å². The molecule has 1 saturated heterocycles. The lowest BCUT2D eigenvalue weighted by Crippen LogP contribution is -2.49. The zero-order valence-corrected chi connectivity index (χ0v) is 12.1. The Bertz CT molecular complexity index is 318. The number of nitrogens with one attached hydrogen (secondary N) is 1. The number of nitrogens with two attached hydrogens (primary N) is 1. The van der Waals surface area contributed by atoms with E-state index in [0.717, 1.165) is 12.8 Å². The Labute approximate surface area is 114 Å². The van der Waals surface area contributed by atoms with E-state index in [1.54, 1.807) is 4.90 Å². The van der Waals surface area contributed by atoms with E-state index in [4.69, 9.17) is 10.5 Å². The minimum absolute atomic E-state index is 0.00960. The monoisotopic (exact) mass is 271 g/mol. The SMILES string of the molecule is COCC(=O)N1CCC(NC(=O)CC(C)(C)N)CC1. The molecular formula is C13H25N3O3. The number of rotatable bonds is 5. The van der Waals surface area contributed by atoms with E-state index in [9.17, 15) is 9.59 Å². The highest BCUT2D eigenvalue weighted by molar-refractivity contribution is 5.78. The van der Waals surface area contributed by atoms with E-state index in [1.807, 2.05) is 13.8 Å². The van der Waals surface area contributed by atoms with E-state index in [2.05, 4.69) is 5.32 Å². The molecule has 19 heavy (non-hydrogen) atoms. The van der Waals surface area contributed by atoms with Gasteiger partial charge in [-0.2, -0.15) is 0 Å². The third kappa shape index (κ3) is 6.02. The molecule has 0 aromatic carbocycles. The van der Waals surface area contributed by atoms with Crippen molar-refractivity contribution >= 4 is 11.8 Å². The van der Waals surface area contributed by atoms with Gasteiger partial charge in [0.2, 0.25) is 11.8 Å². The van der Waals surface area contributed by atoms with Crippen molar-refractivity contribution in [3.8, 4) is 0 Å². The van der Waals surface area contributed by atoms with Gasteiger partial charge in [0.15, 0.2) is 0 Å². The Morgan fingerprint density at radius 1 is 1.37 bits per heavy atom. The summed E-state index contributed by atoms with van der Waals surface area (Å²) in [5.74, 6) is -0.00969. The minimum Gasteiger partial charge on any atom is -0.375 e. The maximum absolute atomic E-state index is 11.8. The fourth-order valence-corrected chi connectivity index (χ4v) is 2.18. The lowest BCUT2D eigenvalue weighted by Gasteiger charge is -2.32. The molecule has 2 amide bonds. The van der Waals surface area contributed by atoms with Crippen LogP contribution >= 0.6 is 0 Å². The Morgan fingerprint density at radius 2 is 1.95 bits per heavy atom. The number of nitrogens with zero attached hydrogens (tertiary/aromatic N) is 1. The van der Waals surface area contributed by atoms with Crippen LogP contribution in [0.5, 0.6) is 0 Å². The van der Waals surface area contributed by atoms with E-state index < -0.39 is 5.54 Å². The van der Waals surface area contributed by atoms with Crippen LogP contribution in [-0.2, 0) is 14.3 Å². The van der Waals surface area contributed by atoms with Crippen molar-refractivity contribution < 1.29 is 14.3 Å². The Morgan fingerprint density at radius 3 is 2.42 bits per heavy atom. The van der Waals surface area contributed by atoms with Gasteiger partial charge in [-0.25, -0.2) is 0 Å². The molecule has 1 aliphatic rings. The predicted octanol–water partition coefficient (Wildman–Crippen LogP) is -0.133. The standard InChI is InChI=1S/C13H25N3O3/c1-13(2,14)8-11(17)15-10-4-6-16(7-5-10)12(18)9-19-3/h10H,4-9,14H2,1-3H3,(H,15,17). The summed E-state index contributed by atoms with van der Waals surface area (Å²) in [5.41, 5.74) is 5.32. The number of carbonyl (C=O) groups is 2. The van der Waals surface area contributed by atoms with Gasteiger partial charge >= 0.3 is 0 Å². The number of hydrogen-bond acceptors (Lipinski definition) is 4. The second-order valence-corrected chi connectivity index (χ2v) is 5.82. The first-order valence-electron chi connectivity index (χ1n) is 6.67. The molecule has 0 aromatic rings. The second kappa shape index (κ2) is 6.86. The van der Waals surface area contributed by atoms with Crippen molar-refractivity contribution in [3.05, 3.63) is 0 Å². The molecule has 0 atom stereocenters. The lowest BCUT2D eigenvalue weighted by atomic mass is 10.00. The molecule has 0 saturated carbocycles.